The first-order chi connectivity index (χ1) is 32.5. The molecule has 66 heavy (non-hydrogen) atoms. The van der Waals surface area contributed by atoms with Gasteiger partial charge in [0, 0.05) is 33.1 Å². The predicted molar refractivity (Wildman–Crippen MR) is 275 cm³/mol. The molecule has 0 atom stereocenters. The van der Waals surface area contributed by atoms with Crippen molar-refractivity contribution in [1.29, 1.82) is 0 Å². The average Bonchev–Trinajstić information content (AvgIpc) is 3.95. The maximum absolute atomic E-state index is 2.55. The summed E-state index contributed by atoms with van der Waals surface area (Å²) in [6, 6.07) is 86.4. The number of para-hydroxylation sites is 3. The summed E-state index contributed by atoms with van der Waals surface area (Å²) in [5.41, 5.74) is 24.4. The van der Waals surface area contributed by atoms with E-state index in [1.807, 2.05) is 0 Å². The van der Waals surface area contributed by atoms with Crippen LogP contribution in [0.5, 0.6) is 0 Å². The van der Waals surface area contributed by atoms with Crippen LogP contribution in [0.15, 0.2) is 231 Å². The summed E-state index contributed by atoms with van der Waals surface area (Å²) >= 11 is 0. The molecule has 0 bridgehead atoms. The molecule has 11 aromatic rings. The third kappa shape index (κ3) is 4.91. The van der Waals surface area contributed by atoms with Gasteiger partial charge in [-0.05, 0) is 121 Å². The van der Waals surface area contributed by atoms with Crippen LogP contribution >= 0.6 is 0 Å². The highest BCUT2D eigenvalue weighted by molar-refractivity contribution is 6.13. The molecule has 14 rings (SSSR count). The highest BCUT2D eigenvalue weighted by Crippen LogP contribution is 2.62. The second-order valence-corrected chi connectivity index (χ2v) is 18.8. The molecule has 2 nitrogen and oxygen atoms in total. The Morgan fingerprint density at radius 2 is 0.924 bits per heavy atom. The summed E-state index contributed by atoms with van der Waals surface area (Å²) in [6.45, 7) is 4.75. The first kappa shape index (κ1) is 37.2. The van der Waals surface area contributed by atoms with Gasteiger partial charge in [0.25, 0.3) is 0 Å². The number of hydrogen-bond acceptors (Lipinski definition) is 1. The normalized spacial score (nSPS) is 14.2. The van der Waals surface area contributed by atoms with Crippen LogP contribution in [0.3, 0.4) is 0 Å². The highest BCUT2D eigenvalue weighted by atomic mass is 15.1. The van der Waals surface area contributed by atoms with Gasteiger partial charge in [0.2, 0.25) is 0 Å². The molecule has 3 aliphatic rings. The van der Waals surface area contributed by atoms with E-state index in [0.29, 0.717) is 0 Å². The maximum atomic E-state index is 2.55. The standard InChI is InChI=1S/C64H44N2/c1-63(2)53-28-11-6-23-47(53)50-36-35-45(40-57(50)63)65(44-21-16-20-42(38-44)41-18-4-3-5-19-41)59-32-14-9-22-46(59)43-34-37-61-58(39-43)64(54-29-12-7-24-48(54)49-25-8-13-30-55(49)64)56-31-17-27-52-51-26-10-15-33-60(51)66(61)62(52)56/h3-40H,1-2H3. The zero-order valence-electron chi connectivity index (χ0n) is 36.8. The number of fused-ring (bicyclic) bond motifs is 15. The molecule has 0 unspecified atom stereocenters. The number of anilines is 3. The molecule has 0 saturated carbocycles. The van der Waals surface area contributed by atoms with E-state index in [1.54, 1.807) is 0 Å². The fourth-order valence-electron chi connectivity index (χ4n) is 12.4. The molecular weight excluding hydrogens is 797 g/mol. The monoisotopic (exact) mass is 840 g/mol. The molecule has 10 aromatic carbocycles. The van der Waals surface area contributed by atoms with Gasteiger partial charge in [0.15, 0.2) is 0 Å². The second-order valence-electron chi connectivity index (χ2n) is 18.8. The summed E-state index contributed by atoms with van der Waals surface area (Å²) in [4.78, 5) is 2.49. The lowest BCUT2D eigenvalue weighted by Gasteiger charge is -2.40. The third-order valence-electron chi connectivity index (χ3n) is 15.2. The molecule has 310 valence electrons. The van der Waals surface area contributed by atoms with Crippen LogP contribution in [-0.2, 0) is 10.8 Å². The fraction of sp³-hybridized carbons (Fsp3) is 0.0625. The van der Waals surface area contributed by atoms with E-state index < -0.39 is 5.41 Å². The van der Waals surface area contributed by atoms with Crippen molar-refractivity contribution in [3.63, 3.8) is 0 Å². The number of benzene rings is 10. The third-order valence-corrected chi connectivity index (χ3v) is 15.2. The van der Waals surface area contributed by atoms with Gasteiger partial charge in [-0.1, -0.05) is 196 Å². The summed E-state index contributed by atoms with van der Waals surface area (Å²) in [7, 11) is 0. The average molecular weight is 841 g/mol. The van der Waals surface area contributed by atoms with Crippen molar-refractivity contribution < 1.29 is 0 Å². The smallest absolute Gasteiger partial charge is 0.0754 e. The molecule has 0 saturated heterocycles. The minimum absolute atomic E-state index is 0.149. The van der Waals surface area contributed by atoms with Crippen molar-refractivity contribution in [3.8, 4) is 50.2 Å². The Balaban J connectivity index is 1.04. The molecule has 0 amide bonds. The minimum Gasteiger partial charge on any atom is -0.310 e. The fourth-order valence-corrected chi connectivity index (χ4v) is 12.4. The lowest BCUT2D eigenvalue weighted by Crippen LogP contribution is -2.33. The molecule has 0 fully saturated rings. The number of hydrogen-bond donors (Lipinski definition) is 0. The van der Waals surface area contributed by atoms with Gasteiger partial charge >= 0.3 is 0 Å². The first-order valence-electron chi connectivity index (χ1n) is 23.2. The first-order valence-corrected chi connectivity index (χ1v) is 23.2. The lowest BCUT2D eigenvalue weighted by atomic mass is 9.65. The predicted octanol–water partition coefficient (Wildman–Crippen LogP) is 16.6. The van der Waals surface area contributed by atoms with Crippen molar-refractivity contribution >= 4 is 38.9 Å². The molecular formula is C64H44N2. The Morgan fingerprint density at radius 1 is 0.348 bits per heavy atom. The van der Waals surface area contributed by atoms with Crippen LogP contribution in [0.1, 0.15) is 47.2 Å². The van der Waals surface area contributed by atoms with Gasteiger partial charge in [0.1, 0.15) is 0 Å². The van der Waals surface area contributed by atoms with E-state index in [4.69, 9.17) is 0 Å². The zero-order chi connectivity index (χ0) is 43.7. The topological polar surface area (TPSA) is 8.17 Å². The zero-order valence-corrected chi connectivity index (χ0v) is 36.8. The van der Waals surface area contributed by atoms with Gasteiger partial charge in [-0.3, -0.25) is 0 Å². The summed E-state index contributed by atoms with van der Waals surface area (Å²) in [6.07, 6.45) is 0. The second kappa shape index (κ2) is 13.7. The van der Waals surface area contributed by atoms with E-state index in [-0.39, 0.29) is 5.41 Å². The number of rotatable bonds is 5. The molecule has 2 aliphatic carbocycles. The van der Waals surface area contributed by atoms with E-state index in [9.17, 15) is 0 Å². The van der Waals surface area contributed by atoms with Crippen molar-refractivity contribution in [2.75, 3.05) is 4.90 Å². The summed E-state index contributed by atoms with van der Waals surface area (Å²) in [5.74, 6) is 0. The van der Waals surface area contributed by atoms with Crippen LogP contribution in [0.25, 0.3) is 72.0 Å². The molecule has 1 aliphatic heterocycles. The number of nitrogens with zero attached hydrogens (tertiary/aromatic N) is 2. The van der Waals surface area contributed by atoms with Crippen LogP contribution in [0.4, 0.5) is 17.1 Å². The Kier molecular flexibility index (Phi) is 7.70. The molecule has 1 spiro atoms. The molecule has 1 aromatic heterocycles. The van der Waals surface area contributed by atoms with Crippen molar-refractivity contribution in [2.24, 2.45) is 0 Å². The van der Waals surface area contributed by atoms with Gasteiger partial charge in [-0.2, -0.15) is 0 Å². The Morgan fingerprint density at radius 3 is 1.71 bits per heavy atom. The van der Waals surface area contributed by atoms with Crippen molar-refractivity contribution in [2.45, 2.75) is 24.7 Å². The Labute approximate surface area is 385 Å². The minimum atomic E-state index is -0.540. The van der Waals surface area contributed by atoms with Crippen LogP contribution in [-0.4, -0.2) is 4.57 Å². The highest BCUT2D eigenvalue weighted by Gasteiger charge is 2.51. The summed E-state index contributed by atoms with van der Waals surface area (Å²) in [5, 5.41) is 2.57. The van der Waals surface area contributed by atoms with Crippen LogP contribution in [0, 0.1) is 0 Å². The Bertz CT molecular complexity index is 3760. The van der Waals surface area contributed by atoms with Gasteiger partial charge in [-0.15, -0.1) is 0 Å². The maximum Gasteiger partial charge on any atom is 0.0754 e. The SMILES string of the molecule is CC1(C)c2ccccc2-c2ccc(N(c3cccc(-c4ccccc4)c3)c3ccccc3-c3ccc4c(c3)C3(c5ccccc5-c5ccccc53)c3cccc5c6ccccc6n-4c35)cc21. The van der Waals surface area contributed by atoms with E-state index in [1.165, 1.54) is 105 Å². The van der Waals surface area contributed by atoms with E-state index in [2.05, 4.69) is 254 Å². The largest absolute Gasteiger partial charge is 0.310 e. The molecule has 0 radical (unpaired) electrons. The molecule has 2 heterocycles. The van der Waals surface area contributed by atoms with Gasteiger partial charge in [-0.25, -0.2) is 0 Å². The molecule has 2 heteroatoms. The summed E-state index contributed by atoms with van der Waals surface area (Å²) < 4.78 is 2.55. The lowest BCUT2D eigenvalue weighted by molar-refractivity contribution is 0.660. The number of aromatic nitrogens is 1. The molecule has 0 N–H and O–H groups in total. The van der Waals surface area contributed by atoms with Crippen LogP contribution < -0.4 is 4.90 Å². The quantitative estimate of drug-likeness (QED) is 0.168. The van der Waals surface area contributed by atoms with E-state index >= 15 is 0 Å². The van der Waals surface area contributed by atoms with Crippen molar-refractivity contribution in [1.82, 2.24) is 4.57 Å². The van der Waals surface area contributed by atoms with Gasteiger partial charge < -0.3 is 9.47 Å². The van der Waals surface area contributed by atoms with Crippen LogP contribution in [0.2, 0.25) is 0 Å². The Hall–Kier alpha value is -8.20. The van der Waals surface area contributed by atoms with Crippen molar-refractivity contribution in [3.05, 3.63) is 264 Å². The van der Waals surface area contributed by atoms with Gasteiger partial charge in [0.05, 0.1) is 27.8 Å². The van der Waals surface area contributed by atoms with E-state index in [0.717, 1.165) is 17.1 Å².